The number of halogens is 1. The largest absolute Gasteiger partial charge is 0.394 e. The molecule has 7 nitrogen and oxygen atoms in total. The van der Waals surface area contributed by atoms with Crippen molar-refractivity contribution >= 4 is 71.3 Å². The maximum absolute atomic E-state index is 12.2. The topological polar surface area (TPSA) is 121 Å². The fourth-order valence-corrected chi connectivity index (χ4v) is 6.12. The van der Waals surface area contributed by atoms with E-state index in [0.29, 0.717) is 14.5 Å². The van der Waals surface area contributed by atoms with Crippen molar-refractivity contribution in [1.29, 1.82) is 0 Å². The molecular weight excluding hydrogens is 397 g/mol. The van der Waals surface area contributed by atoms with Crippen LogP contribution >= 0.6 is 22.9 Å². The fourth-order valence-electron chi connectivity index (χ4n) is 2.07. The zero-order valence-electron chi connectivity index (χ0n) is 13.1. The molecule has 3 N–H and O–H groups in total. The van der Waals surface area contributed by atoms with Crippen LogP contribution in [0.15, 0.2) is 16.3 Å². The van der Waals surface area contributed by atoms with E-state index in [0.717, 1.165) is 55.8 Å². The third kappa shape index (κ3) is 10.4. The molecule has 1 aromatic heterocycles. The molecule has 0 radical (unpaired) electrons. The molecule has 0 fully saturated rings. The van der Waals surface area contributed by atoms with Gasteiger partial charge in [0.15, 0.2) is 0 Å². The zero-order chi connectivity index (χ0) is 18.3. The molecule has 1 heterocycles. The summed E-state index contributed by atoms with van der Waals surface area (Å²) in [6.45, 7) is 4.21. The Morgan fingerprint density at radius 3 is 2.00 bits per heavy atom. The minimum Gasteiger partial charge on any atom is -0.264 e. The molecule has 1 atom stereocenters. The van der Waals surface area contributed by atoms with Crippen molar-refractivity contribution in [3.05, 3.63) is 16.5 Å². The molecule has 1 rings (SSSR count). The van der Waals surface area contributed by atoms with Gasteiger partial charge in [0.1, 0.15) is 0 Å². The molecule has 1 aromatic rings. The summed E-state index contributed by atoms with van der Waals surface area (Å²) in [4.78, 5) is 0. The van der Waals surface area contributed by atoms with Gasteiger partial charge in [0.2, 0.25) is 0 Å². The summed E-state index contributed by atoms with van der Waals surface area (Å²) < 4.78 is 60.6. The van der Waals surface area contributed by atoms with Gasteiger partial charge < -0.3 is 0 Å². The smallest absolute Gasteiger partial charge is 0.264 e. The first-order valence-electron chi connectivity index (χ1n) is 6.92. The Morgan fingerprint density at radius 2 is 1.70 bits per heavy atom. The summed E-state index contributed by atoms with van der Waals surface area (Å²) in [6, 6.07) is 3.23. The molecule has 0 spiro atoms. The first-order chi connectivity index (χ1) is 10.4. The van der Waals surface area contributed by atoms with Crippen LogP contribution in [0.25, 0.3) is 0 Å². The van der Waals surface area contributed by atoms with E-state index in [2.05, 4.69) is 18.6 Å². The predicted octanol–water partition coefficient (Wildman–Crippen LogP) is 2.42. The van der Waals surface area contributed by atoms with Crippen LogP contribution in [0, 0.1) is 5.92 Å². The molecule has 0 aliphatic rings. The van der Waals surface area contributed by atoms with E-state index in [1.165, 1.54) is 0 Å². The van der Waals surface area contributed by atoms with E-state index in [-0.39, 0.29) is 6.04 Å². The minimum absolute atomic E-state index is 0.0533. The van der Waals surface area contributed by atoms with Crippen LogP contribution in [0.4, 0.5) is 0 Å². The predicted molar refractivity (Wildman–Crippen MR) is 92.2 cm³/mol. The molecule has 12 heteroatoms. The van der Waals surface area contributed by atoms with Gasteiger partial charge in [0.05, 0.1) is 0 Å². The Kier molecular flexibility index (Phi) is 11.0. The Morgan fingerprint density at radius 1 is 1.22 bits per heavy atom. The van der Waals surface area contributed by atoms with E-state index in [4.69, 9.17) is 29.1 Å². The van der Waals surface area contributed by atoms with Crippen LogP contribution in [0.2, 0.25) is 8.01 Å². The second kappa shape index (κ2) is 10.7. The average Bonchev–Trinajstić information content (AvgIpc) is 2.84. The summed E-state index contributed by atoms with van der Waals surface area (Å²) in [5.74, 6) is 0.410. The quantitative estimate of drug-likeness (QED) is 0.464. The summed E-state index contributed by atoms with van der Waals surface area (Å²) in [5, 5.41) is 0. The van der Waals surface area contributed by atoms with E-state index in [9.17, 15) is 8.42 Å². The standard InChI is InChI=1S/C11H17ClNO2S2.Na.H2O4S/c1-4-9(5-2)8(3)13-17(14,15)11-7-6-10(12)16-11;;1-5(2,3)4/h6-9,13H,3-5H2,1-2H3;;(H2,1,2,3,4). The van der Waals surface area contributed by atoms with Crippen molar-refractivity contribution in [2.45, 2.75) is 40.6 Å². The number of hydrogen-bond donors (Lipinski definition) is 3. The Balaban J connectivity index is 0.000000841. The summed E-state index contributed by atoms with van der Waals surface area (Å²) in [5.41, 5.74) is 0. The second-order valence-corrected chi connectivity index (χ2v) is 10.1. The van der Waals surface area contributed by atoms with Gasteiger partial charge in [-0.05, 0) is 0 Å². The van der Waals surface area contributed by atoms with Gasteiger partial charge >= 0.3 is 147 Å². The van der Waals surface area contributed by atoms with Gasteiger partial charge in [-0.3, -0.25) is 9.11 Å². The van der Waals surface area contributed by atoms with Crippen LogP contribution in [0.1, 0.15) is 26.7 Å². The van der Waals surface area contributed by atoms with Crippen LogP contribution < -0.4 is 4.72 Å². The number of thiophene rings is 1. The van der Waals surface area contributed by atoms with Crippen LogP contribution in [-0.2, 0) is 20.4 Å². The van der Waals surface area contributed by atoms with Gasteiger partial charge in [-0.2, -0.15) is 8.42 Å². The van der Waals surface area contributed by atoms with E-state index < -0.39 is 20.4 Å². The van der Waals surface area contributed by atoms with Gasteiger partial charge in [-0.1, -0.05) is 0 Å². The zero-order valence-corrected chi connectivity index (χ0v) is 18.3. The molecule has 0 aliphatic heterocycles. The van der Waals surface area contributed by atoms with Crippen molar-refractivity contribution in [3.8, 4) is 0 Å². The third-order valence-electron chi connectivity index (χ3n) is 3.18. The van der Waals surface area contributed by atoms with Crippen molar-refractivity contribution in [2.75, 3.05) is 0 Å². The Labute approximate surface area is 163 Å². The molecule has 0 amide bonds. The van der Waals surface area contributed by atoms with Crippen molar-refractivity contribution in [2.24, 2.45) is 5.92 Å². The number of nitrogens with one attached hydrogen (secondary N) is 1. The van der Waals surface area contributed by atoms with Crippen LogP contribution in [-0.4, -0.2) is 59.9 Å². The summed E-state index contributed by atoms with van der Waals surface area (Å²) >= 11 is 7.88. The van der Waals surface area contributed by atoms with Crippen LogP contribution in [0.5, 0.6) is 0 Å². The summed E-state index contributed by atoms with van der Waals surface area (Å²) in [7, 11) is -8.08. The maximum Gasteiger partial charge on any atom is 0.394 e. The van der Waals surface area contributed by atoms with Crippen LogP contribution in [0.3, 0.4) is 0 Å². The molecular formula is C11H19ClNNaO6S3. The molecule has 130 valence electrons. The van der Waals surface area contributed by atoms with Crippen molar-refractivity contribution in [3.63, 3.8) is 0 Å². The first-order valence-corrected chi connectivity index (χ1v) is 12.4. The third-order valence-corrected chi connectivity index (χ3v) is 7.27. The van der Waals surface area contributed by atoms with Gasteiger partial charge in [0.25, 0.3) is 0 Å². The SMILES string of the molecule is CCC(CC)C([CH2][Na])NS(=O)(=O)c1ccc(Cl)s1.O=S(=O)(O)O. The monoisotopic (exact) mass is 415 g/mol. The van der Waals surface area contributed by atoms with E-state index in [1.807, 2.05) is 0 Å². The molecule has 0 aliphatic carbocycles. The minimum atomic E-state index is -4.67. The van der Waals surface area contributed by atoms with Gasteiger partial charge in [0, 0.05) is 0 Å². The second-order valence-electron chi connectivity index (χ2n) is 4.72. The fraction of sp³-hybridized carbons (Fsp3) is 0.636. The number of hydrogen-bond acceptors (Lipinski definition) is 5. The maximum atomic E-state index is 12.2. The normalized spacial score (nSPS) is 13.6. The number of sulfonamides is 1. The number of rotatable bonds is 7. The molecule has 0 saturated carbocycles. The van der Waals surface area contributed by atoms with Gasteiger partial charge in [-0.25, -0.2) is 0 Å². The Hall–Kier alpha value is 0.770. The first kappa shape index (κ1) is 23.8. The Bertz CT molecular complexity index is 664. The van der Waals surface area contributed by atoms with Gasteiger partial charge in [-0.15, -0.1) is 0 Å². The molecule has 0 bridgehead atoms. The molecule has 23 heavy (non-hydrogen) atoms. The molecule has 1 unspecified atom stereocenters. The summed E-state index contributed by atoms with van der Waals surface area (Å²) in [6.07, 6.45) is 1.99. The molecule has 0 saturated heterocycles. The molecule has 0 aromatic carbocycles. The average molecular weight is 416 g/mol. The van der Waals surface area contributed by atoms with Crippen molar-refractivity contribution in [1.82, 2.24) is 4.72 Å². The van der Waals surface area contributed by atoms with E-state index in [1.54, 1.807) is 12.1 Å². The van der Waals surface area contributed by atoms with E-state index >= 15 is 0 Å². The van der Waals surface area contributed by atoms with Crippen molar-refractivity contribution < 1.29 is 25.9 Å².